The Balaban J connectivity index is 4.29. The summed E-state index contributed by atoms with van der Waals surface area (Å²) >= 11 is 0. The van der Waals surface area contributed by atoms with Crippen LogP contribution in [0.2, 0.25) is 0 Å². The van der Waals surface area contributed by atoms with Crippen molar-refractivity contribution >= 4 is 17.9 Å². The average Bonchev–Trinajstić information content (AvgIpc) is 3.18. The van der Waals surface area contributed by atoms with E-state index in [2.05, 4.69) is 19.9 Å². The van der Waals surface area contributed by atoms with Crippen molar-refractivity contribution in [3.05, 3.63) is 60.8 Å². The Kier molecular flexibility index (Phi) is 38.7. The Morgan fingerprint density at radius 2 is 0.966 bits per heavy atom. The summed E-state index contributed by atoms with van der Waals surface area (Å²) in [5.41, 5.74) is 0. The number of carboxylic acids is 1. The molecule has 0 saturated heterocycles. The highest BCUT2D eigenvalue weighted by atomic mass is 16.6. The lowest BCUT2D eigenvalue weighted by molar-refractivity contribution is -0.887. The number of carboxylic acid groups (broad SMARTS) is 1. The van der Waals surface area contributed by atoms with Crippen LogP contribution in [0.5, 0.6) is 0 Å². The van der Waals surface area contributed by atoms with Crippen LogP contribution >= 0.6 is 0 Å². The molecule has 8 nitrogen and oxygen atoms in total. The first-order chi connectivity index (χ1) is 28.1. The molecule has 334 valence electrons. The summed E-state index contributed by atoms with van der Waals surface area (Å²) in [6, 6.07) is -0.628. The molecule has 0 bridgehead atoms. The number of esters is 2. The van der Waals surface area contributed by atoms with Gasteiger partial charge in [0.2, 0.25) is 0 Å². The number of carbonyl (C=O) groups excluding carboxylic acids is 2. The smallest absolute Gasteiger partial charge is 0.362 e. The summed E-state index contributed by atoms with van der Waals surface area (Å²) in [5, 5.41) is 9.62. The Morgan fingerprint density at radius 1 is 0.534 bits per heavy atom. The van der Waals surface area contributed by atoms with E-state index in [-0.39, 0.29) is 42.7 Å². The van der Waals surface area contributed by atoms with Crippen LogP contribution in [0.3, 0.4) is 0 Å². The van der Waals surface area contributed by atoms with Crippen molar-refractivity contribution < 1.29 is 38.2 Å². The molecule has 0 radical (unpaired) electrons. The second-order valence-corrected chi connectivity index (χ2v) is 16.8. The van der Waals surface area contributed by atoms with Crippen molar-refractivity contribution in [1.29, 1.82) is 0 Å². The van der Waals surface area contributed by atoms with Crippen LogP contribution in [0.1, 0.15) is 187 Å². The number of unbranched alkanes of at least 4 members (excludes halogenated alkanes) is 21. The van der Waals surface area contributed by atoms with E-state index < -0.39 is 18.1 Å². The zero-order valence-corrected chi connectivity index (χ0v) is 38.0. The van der Waals surface area contributed by atoms with Crippen LogP contribution in [0.25, 0.3) is 0 Å². The van der Waals surface area contributed by atoms with Crippen LogP contribution in [0.4, 0.5) is 0 Å². The van der Waals surface area contributed by atoms with Crippen molar-refractivity contribution in [1.82, 2.24) is 0 Å². The summed E-state index contributed by atoms with van der Waals surface area (Å²) in [6.07, 6.45) is 50.0. The Bertz CT molecular complexity index is 1130. The molecule has 8 heteroatoms. The predicted octanol–water partition coefficient (Wildman–Crippen LogP) is 13.0. The molecule has 0 aromatic carbocycles. The van der Waals surface area contributed by atoms with E-state index in [1.165, 1.54) is 116 Å². The molecular weight excluding hydrogens is 727 g/mol. The first-order valence-electron chi connectivity index (χ1n) is 23.4. The minimum absolute atomic E-state index is 0.0319. The number of nitrogens with zero attached hydrogens (tertiary/aromatic N) is 1. The second-order valence-electron chi connectivity index (χ2n) is 16.8. The molecule has 0 amide bonds. The van der Waals surface area contributed by atoms with E-state index in [9.17, 15) is 19.5 Å². The minimum Gasteiger partial charge on any atom is -0.477 e. The monoisotopic (exact) mass is 815 g/mol. The third-order valence-corrected chi connectivity index (χ3v) is 10.3. The van der Waals surface area contributed by atoms with Crippen LogP contribution in [-0.2, 0) is 28.6 Å². The van der Waals surface area contributed by atoms with Gasteiger partial charge in [0.15, 0.2) is 12.1 Å². The van der Waals surface area contributed by atoms with Gasteiger partial charge in [-0.2, -0.15) is 0 Å². The predicted molar refractivity (Wildman–Crippen MR) is 243 cm³/mol. The minimum atomic E-state index is -0.887. The van der Waals surface area contributed by atoms with E-state index in [0.717, 1.165) is 32.1 Å². The molecule has 1 N–H and O–H groups in total. The summed E-state index contributed by atoms with van der Waals surface area (Å²) in [5.74, 6) is -1.56. The lowest BCUT2D eigenvalue weighted by atomic mass is 10.0. The molecule has 0 aliphatic rings. The quantitative estimate of drug-likeness (QED) is 0.0284. The van der Waals surface area contributed by atoms with Gasteiger partial charge in [0.05, 0.1) is 34.4 Å². The summed E-state index contributed by atoms with van der Waals surface area (Å²) in [4.78, 5) is 37.0. The van der Waals surface area contributed by atoms with Crippen molar-refractivity contribution in [2.24, 2.45) is 0 Å². The second kappa shape index (κ2) is 40.8. The van der Waals surface area contributed by atoms with Gasteiger partial charge in [0, 0.05) is 19.3 Å². The molecule has 0 aliphatic carbocycles. The molecule has 58 heavy (non-hydrogen) atoms. The molecule has 0 aromatic heterocycles. The number of hydrogen-bond acceptors (Lipinski definition) is 6. The lowest BCUT2D eigenvalue weighted by Gasteiger charge is -2.31. The standard InChI is InChI=1S/C50H87NO7/c1-6-8-10-12-14-16-18-20-21-22-23-24-25-26-27-29-30-32-34-36-38-40-48(52)57-45-46(44-56-43-42-47(50(54)55)51(3,4)5)58-49(53)41-39-37-35-33-31-28-19-17-15-13-11-9-7-2/h9,11,13,15,17,19,28,31,33,35,46-47H,6-8,10,12,14,16,18,20-27,29-30,32,34,36-45H2,1-5H3/p+1/b11-9+,15-13+,19-17+,31-28+,35-33+. The molecule has 0 aromatic rings. The summed E-state index contributed by atoms with van der Waals surface area (Å²) < 4.78 is 17.2. The molecular formula is C50H88NO7+. The molecule has 2 atom stereocenters. The fourth-order valence-corrected chi connectivity index (χ4v) is 6.71. The number of hydrogen-bond donors (Lipinski definition) is 1. The number of rotatable bonds is 41. The van der Waals surface area contributed by atoms with E-state index in [1.807, 2.05) is 75.8 Å². The van der Waals surface area contributed by atoms with Gasteiger partial charge in [-0.15, -0.1) is 0 Å². The van der Waals surface area contributed by atoms with Gasteiger partial charge in [-0.3, -0.25) is 9.59 Å². The first kappa shape index (κ1) is 55.0. The Labute approximate surface area is 356 Å². The van der Waals surface area contributed by atoms with Gasteiger partial charge in [0.25, 0.3) is 0 Å². The highest BCUT2D eigenvalue weighted by molar-refractivity contribution is 5.72. The number of aliphatic carboxylic acids is 1. The molecule has 0 aliphatic heterocycles. The van der Waals surface area contributed by atoms with Gasteiger partial charge in [-0.25, -0.2) is 4.79 Å². The molecule has 0 saturated carbocycles. The maximum absolute atomic E-state index is 12.7. The van der Waals surface area contributed by atoms with Gasteiger partial charge in [0.1, 0.15) is 6.61 Å². The molecule has 0 spiro atoms. The van der Waals surface area contributed by atoms with Crippen molar-refractivity contribution in [2.75, 3.05) is 41.0 Å². The van der Waals surface area contributed by atoms with Gasteiger partial charge in [-0.05, 0) is 25.7 Å². The third kappa shape index (κ3) is 38.5. The lowest BCUT2D eigenvalue weighted by Crippen LogP contribution is -2.50. The van der Waals surface area contributed by atoms with Crippen LogP contribution in [0, 0.1) is 0 Å². The van der Waals surface area contributed by atoms with Gasteiger partial charge < -0.3 is 23.8 Å². The van der Waals surface area contributed by atoms with E-state index in [0.29, 0.717) is 19.3 Å². The number of quaternary nitrogens is 1. The highest BCUT2D eigenvalue weighted by Gasteiger charge is 2.31. The first-order valence-corrected chi connectivity index (χ1v) is 23.4. The summed E-state index contributed by atoms with van der Waals surface area (Å²) in [7, 11) is 5.50. The molecule has 0 fully saturated rings. The fraction of sp³-hybridized carbons (Fsp3) is 0.740. The maximum Gasteiger partial charge on any atom is 0.362 e. The summed E-state index contributed by atoms with van der Waals surface area (Å²) in [6.45, 7) is 4.52. The fourth-order valence-electron chi connectivity index (χ4n) is 6.71. The normalized spacial score (nSPS) is 13.5. The zero-order chi connectivity index (χ0) is 42.8. The van der Waals surface area contributed by atoms with Gasteiger partial charge >= 0.3 is 17.9 Å². The van der Waals surface area contributed by atoms with E-state index in [4.69, 9.17) is 14.2 Å². The number of allylic oxidation sites excluding steroid dienone is 10. The van der Waals surface area contributed by atoms with Crippen LogP contribution < -0.4 is 0 Å². The molecule has 0 heterocycles. The van der Waals surface area contributed by atoms with Gasteiger partial charge in [-0.1, -0.05) is 203 Å². The van der Waals surface area contributed by atoms with Crippen molar-refractivity contribution in [3.8, 4) is 0 Å². The van der Waals surface area contributed by atoms with E-state index in [1.54, 1.807) is 0 Å². The average molecular weight is 815 g/mol. The SMILES string of the molecule is CC/C=C/C=C/C=C/C=C/C=C/CCCC(=O)OC(COCCC(C(=O)O)[N+](C)(C)C)COC(=O)CCCCCCCCCCCCCCCCCCCCCCC. The van der Waals surface area contributed by atoms with E-state index >= 15 is 0 Å². The Morgan fingerprint density at radius 3 is 1.41 bits per heavy atom. The Hall–Kier alpha value is -2.97. The largest absolute Gasteiger partial charge is 0.477 e. The highest BCUT2D eigenvalue weighted by Crippen LogP contribution is 2.16. The van der Waals surface area contributed by atoms with Crippen molar-refractivity contribution in [2.45, 2.75) is 199 Å². The van der Waals surface area contributed by atoms with Crippen LogP contribution in [0.15, 0.2) is 60.8 Å². The van der Waals surface area contributed by atoms with Crippen LogP contribution in [-0.4, -0.2) is 80.6 Å². The number of ether oxygens (including phenoxy) is 3. The van der Waals surface area contributed by atoms with Crippen molar-refractivity contribution in [3.63, 3.8) is 0 Å². The third-order valence-electron chi connectivity index (χ3n) is 10.3. The maximum atomic E-state index is 12.7. The zero-order valence-electron chi connectivity index (χ0n) is 38.0. The molecule has 2 unspecified atom stereocenters. The number of likely N-dealkylation sites (N-methyl/N-ethyl adjacent to an activating group) is 1. The number of carbonyl (C=O) groups is 3. The molecule has 0 rings (SSSR count). The topological polar surface area (TPSA) is 99.1 Å².